The molecule has 0 saturated carbocycles. The van der Waals surface area contributed by atoms with E-state index < -0.39 is 0 Å². The number of aryl methyl sites for hydroxylation is 1. The van der Waals surface area contributed by atoms with Gasteiger partial charge in [-0.2, -0.15) is 0 Å². The third-order valence-electron chi connectivity index (χ3n) is 4.14. The van der Waals surface area contributed by atoms with Crippen LogP contribution >= 0.6 is 15.9 Å². The fourth-order valence-corrected chi connectivity index (χ4v) is 3.27. The molecule has 1 aromatic heterocycles. The molecule has 26 heavy (non-hydrogen) atoms. The number of nitrogens with zero attached hydrogens (tertiary/aromatic N) is 1. The average Bonchev–Trinajstić information content (AvgIpc) is 3.03. The van der Waals surface area contributed by atoms with Crippen LogP contribution in [0.25, 0.3) is 11.3 Å². The molecule has 0 bridgehead atoms. The quantitative estimate of drug-likeness (QED) is 0.483. The first-order valence-electron chi connectivity index (χ1n) is 8.48. The Labute approximate surface area is 162 Å². The number of hydrogen-bond acceptors (Lipinski definition) is 3. The van der Waals surface area contributed by atoms with E-state index in [0.29, 0.717) is 11.4 Å². The summed E-state index contributed by atoms with van der Waals surface area (Å²) in [6, 6.07) is 15.6. The van der Waals surface area contributed by atoms with Gasteiger partial charge in [0.15, 0.2) is 0 Å². The van der Waals surface area contributed by atoms with Crippen LogP contribution in [0.2, 0.25) is 0 Å². The van der Waals surface area contributed by atoms with Crippen molar-refractivity contribution in [2.75, 3.05) is 0 Å². The highest BCUT2D eigenvalue weighted by Gasteiger charge is 2.20. The lowest BCUT2D eigenvalue weighted by atomic mass is 9.85. The summed E-state index contributed by atoms with van der Waals surface area (Å²) in [5, 5.41) is 10.6. The van der Waals surface area contributed by atoms with Gasteiger partial charge in [0, 0.05) is 15.6 Å². The van der Waals surface area contributed by atoms with Gasteiger partial charge in [-0.3, -0.25) is 0 Å². The third kappa shape index (κ3) is 3.91. The number of aliphatic imine (C=N–C) groups is 1. The number of rotatable bonds is 3. The van der Waals surface area contributed by atoms with E-state index in [4.69, 9.17) is 4.42 Å². The number of furan rings is 1. The fourth-order valence-electron chi connectivity index (χ4n) is 2.79. The molecule has 4 heteroatoms. The van der Waals surface area contributed by atoms with Gasteiger partial charge in [0.25, 0.3) is 0 Å². The maximum Gasteiger partial charge on any atom is 0.145 e. The second kappa shape index (κ2) is 7.12. The molecule has 0 fully saturated rings. The molecule has 0 unspecified atom stereocenters. The minimum atomic E-state index is -0.155. The Balaban J connectivity index is 1.92. The molecule has 0 aliphatic carbocycles. The topological polar surface area (TPSA) is 45.7 Å². The summed E-state index contributed by atoms with van der Waals surface area (Å²) in [5.74, 6) is 1.62. The molecule has 3 aromatic rings. The summed E-state index contributed by atoms with van der Waals surface area (Å²) in [5.41, 5.74) is 3.33. The number of aromatic hydroxyl groups is 1. The van der Waals surface area contributed by atoms with E-state index in [1.54, 1.807) is 6.21 Å². The predicted molar refractivity (Wildman–Crippen MR) is 111 cm³/mol. The van der Waals surface area contributed by atoms with Crippen molar-refractivity contribution in [2.24, 2.45) is 4.99 Å². The summed E-state index contributed by atoms with van der Waals surface area (Å²) in [6.07, 6.45) is 1.64. The molecule has 1 N–H and O–H groups in total. The van der Waals surface area contributed by atoms with Crippen LogP contribution < -0.4 is 0 Å². The third-order valence-corrected chi connectivity index (χ3v) is 4.83. The smallest absolute Gasteiger partial charge is 0.145 e. The minimum absolute atomic E-state index is 0.155. The monoisotopic (exact) mass is 411 g/mol. The van der Waals surface area contributed by atoms with Crippen LogP contribution in [0.5, 0.6) is 5.75 Å². The lowest BCUT2D eigenvalue weighted by molar-refractivity contribution is 0.448. The predicted octanol–water partition coefficient (Wildman–Crippen LogP) is 6.77. The largest absolute Gasteiger partial charge is 0.505 e. The molecule has 0 atom stereocenters. The normalized spacial score (nSPS) is 12.0. The van der Waals surface area contributed by atoms with Gasteiger partial charge in [-0.05, 0) is 42.2 Å². The highest BCUT2D eigenvalue weighted by molar-refractivity contribution is 9.10. The van der Waals surface area contributed by atoms with Crippen LogP contribution in [-0.2, 0) is 5.41 Å². The Morgan fingerprint density at radius 2 is 1.81 bits per heavy atom. The lowest BCUT2D eigenvalue weighted by Crippen LogP contribution is -2.11. The first kappa shape index (κ1) is 18.5. The molecule has 0 saturated heterocycles. The molecular weight excluding hydrogens is 390 g/mol. The molecule has 0 aliphatic heterocycles. The van der Waals surface area contributed by atoms with E-state index in [2.05, 4.69) is 41.7 Å². The molecule has 3 rings (SSSR count). The van der Waals surface area contributed by atoms with Gasteiger partial charge in [-0.15, -0.1) is 0 Å². The van der Waals surface area contributed by atoms with Gasteiger partial charge in [0.05, 0.1) is 6.21 Å². The molecule has 2 aromatic carbocycles. The standard InChI is InChI=1S/C22H22BrNO2/c1-14-11-17(22(2,3)4)21(25)19(12-14)24-13-15-9-10-20(26-15)16-7-5-6-8-18(16)23/h5-13,25H,1-4H3. The summed E-state index contributed by atoms with van der Waals surface area (Å²) in [6.45, 7) is 8.23. The summed E-state index contributed by atoms with van der Waals surface area (Å²) in [7, 11) is 0. The van der Waals surface area contributed by atoms with E-state index >= 15 is 0 Å². The van der Waals surface area contributed by atoms with E-state index in [1.807, 2.05) is 55.5 Å². The van der Waals surface area contributed by atoms with Crippen molar-refractivity contribution in [3.8, 4) is 17.1 Å². The van der Waals surface area contributed by atoms with Crippen LogP contribution in [0.15, 0.2) is 62.4 Å². The second-order valence-electron chi connectivity index (χ2n) is 7.37. The van der Waals surface area contributed by atoms with Crippen LogP contribution in [-0.4, -0.2) is 11.3 Å². The van der Waals surface area contributed by atoms with Crippen molar-refractivity contribution >= 4 is 27.8 Å². The van der Waals surface area contributed by atoms with Crippen LogP contribution in [0.1, 0.15) is 37.7 Å². The highest BCUT2D eigenvalue weighted by Crippen LogP contribution is 2.38. The first-order valence-corrected chi connectivity index (χ1v) is 9.28. The molecule has 0 spiro atoms. The minimum Gasteiger partial charge on any atom is -0.505 e. The number of benzene rings is 2. The van der Waals surface area contributed by atoms with Crippen LogP contribution in [0.4, 0.5) is 5.69 Å². The van der Waals surface area contributed by atoms with Crippen LogP contribution in [0.3, 0.4) is 0 Å². The van der Waals surface area contributed by atoms with Crippen molar-refractivity contribution in [2.45, 2.75) is 33.1 Å². The maximum atomic E-state index is 10.6. The van der Waals surface area contributed by atoms with E-state index in [1.165, 1.54) is 0 Å². The van der Waals surface area contributed by atoms with Crippen molar-refractivity contribution in [3.63, 3.8) is 0 Å². The molecule has 3 nitrogen and oxygen atoms in total. The highest BCUT2D eigenvalue weighted by atomic mass is 79.9. The number of halogens is 1. The Morgan fingerprint density at radius 3 is 2.50 bits per heavy atom. The molecule has 134 valence electrons. The molecule has 0 aliphatic rings. The SMILES string of the molecule is Cc1cc(N=Cc2ccc(-c3ccccc3Br)o2)c(O)c(C(C)(C)C)c1. The van der Waals surface area contributed by atoms with E-state index in [9.17, 15) is 5.11 Å². The van der Waals surface area contributed by atoms with Crippen molar-refractivity contribution in [1.82, 2.24) is 0 Å². The lowest BCUT2D eigenvalue weighted by Gasteiger charge is -2.21. The Kier molecular flexibility index (Phi) is 5.05. The Hall–Kier alpha value is -2.33. The molecule has 0 amide bonds. The zero-order valence-electron chi connectivity index (χ0n) is 15.4. The number of phenols is 1. The second-order valence-corrected chi connectivity index (χ2v) is 8.22. The average molecular weight is 412 g/mol. The van der Waals surface area contributed by atoms with Gasteiger partial charge < -0.3 is 9.52 Å². The van der Waals surface area contributed by atoms with Gasteiger partial charge in [-0.25, -0.2) is 4.99 Å². The van der Waals surface area contributed by atoms with Crippen molar-refractivity contribution in [1.29, 1.82) is 0 Å². The zero-order chi connectivity index (χ0) is 18.9. The van der Waals surface area contributed by atoms with E-state index in [-0.39, 0.29) is 11.2 Å². The maximum absolute atomic E-state index is 10.6. The summed E-state index contributed by atoms with van der Waals surface area (Å²) in [4.78, 5) is 4.46. The van der Waals surface area contributed by atoms with Crippen molar-refractivity contribution < 1.29 is 9.52 Å². The molecular formula is C22H22BrNO2. The van der Waals surface area contributed by atoms with Gasteiger partial charge >= 0.3 is 0 Å². The van der Waals surface area contributed by atoms with Crippen LogP contribution in [0, 0.1) is 6.92 Å². The summed E-state index contributed by atoms with van der Waals surface area (Å²) >= 11 is 3.54. The zero-order valence-corrected chi connectivity index (χ0v) is 17.0. The van der Waals surface area contributed by atoms with Gasteiger partial charge in [-0.1, -0.05) is 61.0 Å². The van der Waals surface area contributed by atoms with Crippen molar-refractivity contribution in [3.05, 3.63) is 69.9 Å². The Bertz CT molecular complexity index is 965. The number of phenolic OH excluding ortho intramolecular Hbond substituents is 1. The molecule has 0 radical (unpaired) electrons. The fraction of sp³-hybridized carbons (Fsp3) is 0.227. The molecule has 1 heterocycles. The first-order chi connectivity index (χ1) is 12.3. The Morgan fingerprint density at radius 1 is 1.08 bits per heavy atom. The van der Waals surface area contributed by atoms with Gasteiger partial charge in [0.1, 0.15) is 23.0 Å². The summed E-state index contributed by atoms with van der Waals surface area (Å²) < 4.78 is 6.85. The van der Waals surface area contributed by atoms with Gasteiger partial charge in [0.2, 0.25) is 0 Å². The number of hydrogen-bond donors (Lipinski definition) is 1. The van der Waals surface area contributed by atoms with E-state index in [0.717, 1.165) is 26.9 Å².